The molecule has 2 heterocycles. The minimum atomic E-state index is -0.579. The number of rotatable bonds is 7. The van der Waals surface area contributed by atoms with Crippen LogP contribution < -0.4 is 19.7 Å². The van der Waals surface area contributed by atoms with Crippen LogP contribution in [0.15, 0.2) is 83.6 Å². The number of nitrogens with one attached hydrogen (secondary N) is 1. The quantitative estimate of drug-likeness (QED) is 0.387. The summed E-state index contributed by atoms with van der Waals surface area (Å²) in [7, 11) is 3.17. The number of carbonyl (C=O) groups excluding carboxylic acids is 2. The van der Waals surface area contributed by atoms with Gasteiger partial charge in [-0.1, -0.05) is 24.3 Å². The second kappa shape index (κ2) is 10.5. The highest BCUT2D eigenvalue weighted by atomic mass is 16.5. The highest BCUT2D eigenvalue weighted by Gasteiger charge is 2.42. The van der Waals surface area contributed by atoms with Crippen LogP contribution >= 0.6 is 0 Å². The summed E-state index contributed by atoms with van der Waals surface area (Å²) in [6, 6.07) is 21.4. The van der Waals surface area contributed by atoms with Crippen molar-refractivity contribution in [1.82, 2.24) is 10.2 Å². The zero-order valence-electron chi connectivity index (χ0n) is 20.5. The van der Waals surface area contributed by atoms with Crippen LogP contribution in [0.25, 0.3) is 11.5 Å². The Morgan fingerprint density at radius 3 is 2.57 bits per heavy atom. The number of aromatic nitrogens is 2. The lowest BCUT2D eigenvalue weighted by atomic mass is 9.82. The summed E-state index contributed by atoms with van der Waals surface area (Å²) in [6.45, 7) is 0. The Morgan fingerprint density at radius 2 is 1.84 bits per heavy atom. The van der Waals surface area contributed by atoms with Crippen molar-refractivity contribution in [3.63, 3.8) is 0 Å². The van der Waals surface area contributed by atoms with Crippen molar-refractivity contribution < 1.29 is 23.5 Å². The van der Waals surface area contributed by atoms with Gasteiger partial charge in [0, 0.05) is 28.9 Å². The molecule has 3 aromatic carbocycles. The number of hydrogen-bond donors (Lipinski definition) is 1. The third kappa shape index (κ3) is 4.88. The standard InChI is InChI=1S/C28H26N4O5/c1-35-21-12-10-20(11-13-21)32-25(33)15-14-23(26(32)22-8-3-4-9-24(22)36-2)27(34)30-19-7-5-6-18(16-19)28-31-29-17-37-28/h3-13,16-17,23,26H,14-15H2,1-2H3,(H,30,34). The molecule has 188 valence electrons. The molecule has 1 N–H and O–H groups in total. The maximum Gasteiger partial charge on any atom is 0.247 e. The number of methoxy groups -OCH3 is 2. The van der Waals surface area contributed by atoms with E-state index in [0.29, 0.717) is 40.7 Å². The first-order valence-electron chi connectivity index (χ1n) is 11.9. The molecule has 1 aliphatic heterocycles. The van der Waals surface area contributed by atoms with Gasteiger partial charge < -0.3 is 24.1 Å². The van der Waals surface area contributed by atoms with Crippen LogP contribution in [0.3, 0.4) is 0 Å². The predicted octanol–water partition coefficient (Wildman–Crippen LogP) is 4.88. The zero-order valence-corrected chi connectivity index (χ0v) is 20.5. The fraction of sp³-hybridized carbons (Fsp3) is 0.214. The Bertz CT molecular complexity index is 1390. The van der Waals surface area contributed by atoms with E-state index in [2.05, 4.69) is 15.5 Å². The monoisotopic (exact) mass is 498 g/mol. The Kier molecular flexibility index (Phi) is 6.85. The number of ether oxygens (including phenoxy) is 2. The van der Waals surface area contributed by atoms with E-state index >= 15 is 0 Å². The minimum Gasteiger partial charge on any atom is -0.497 e. The van der Waals surface area contributed by atoms with Gasteiger partial charge in [-0.25, -0.2) is 0 Å². The Hall–Kier alpha value is -4.66. The van der Waals surface area contributed by atoms with Crippen molar-refractivity contribution in [2.24, 2.45) is 5.92 Å². The Morgan fingerprint density at radius 1 is 1.03 bits per heavy atom. The van der Waals surface area contributed by atoms with Gasteiger partial charge in [-0.2, -0.15) is 0 Å². The summed E-state index contributed by atoms with van der Waals surface area (Å²) < 4.78 is 16.2. The van der Waals surface area contributed by atoms with Crippen molar-refractivity contribution in [3.05, 3.63) is 84.8 Å². The van der Waals surface area contributed by atoms with E-state index < -0.39 is 12.0 Å². The molecule has 2 atom stereocenters. The summed E-state index contributed by atoms with van der Waals surface area (Å²) >= 11 is 0. The number of hydrogen-bond acceptors (Lipinski definition) is 7. The van der Waals surface area contributed by atoms with Gasteiger partial charge in [-0.3, -0.25) is 9.59 Å². The first-order valence-corrected chi connectivity index (χ1v) is 11.9. The molecule has 1 saturated heterocycles. The predicted molar refractivity (Wildman–Crippen MR) is 137 cm³/mol. The lowest BCUT2D eigenvalue weighted by Gasteiger charge is -2.41. The lowest BCUT2D eigenvalue weighted by molar-refractivity contribution is -0.125. The van der Waals surface area contributed by atoms with E-state index in [-0.39, 0.29) is 18.2 Å². The summed E-state index contributed by atoms with van der Waals surface area (Å²) in [5.74, 6) is 0.836. The molecule has 37 heavy (non-hydrogen) atoms. The van der Waals surface area contributed by atoms with Crippen molar-refractivity contribution in [2.45, 2.75) is 18.9 Å². The van der Waals surface area contributed by atoms with Crippen LogP contribution in [0, 0.1) is 5.92 Å². The molecule has 0 aliphatic carbocycles. The zero-order chi connectivity index (χ0) is 25.8. The average Bonchev–Trinajstić information content (AvgIpc) is 3.48. The van der Waals surface area contributed by atoms with Crippen molar-refractivity contribution >= 4 is 23.2 Å². The van der Waals surface area contributed by atoms with Crippen LogP contribution in [0.2, 0.25) is 0 Å². The van der Waals surface area contributed by atoms with Crippen molar-refractivity contribution in [1.29, 1.82) is 0 Å². The topological polar surface area (TPSA) is 107 Å². The lowest BCUT2D eigenvalue weighted by Crippen LogP contribution is -2.47. The second-order valence-corrected chi connectivity index (χ2v) is 8.61. The summed E-state index contributed by atoms with van der Waals surface area (Å²) in [5, 5.41) is 10.7. The molecular weight excluding hydrogens is 472 g/mol. The van der Waals surface area contributed by atoms with Gasteiger partial charge in [0.05, 0.1) is 26.2 Å². The molecule has 1 aromatic heterocycles. The molecule has 0 saturated carbocycles. The van der Waals surface area contributed by atoms with Crippen LogP contribution in [0.5, 0.6) is 11.5 Å². The van der Waals surface area contributed by atoms with E-state index in [0.717, 1.165) is 5.56 Å². The number of carbonyl (C=O) groups is 2. The minimum absolute atomic E-state index is 0.0662. The molecule has 2 amide bonds. The fourth-order valence-electron chi connectivity index (χ4n) is 4.74. The third-order valence-electron chi connectivity index (χ3n) is 6.48. The molecule has 1 fully saturated rings. The van der Waals surface area contributed by atoms with Gasteiger partial charge in [0.25, 0.3) is 0 Å². The number of benzene rings is 3. The number of nitrogens with zero attached hydrogens (tertiary/aromatic N) is 3. The van der Waals surface area contributed by atoms with Gasteiger partial charge in [-0.05, 0) is 55.0 Å². The smallest absolute Gasteiger partial charge is 0.247 e. The molecule has 1 aliphatic rings. The molecule has 0 spiro atoms. The molecule has 9 nitrogen and oxygen atoms in total. The first kappa shape index (κ1) is 24.1. The normalized spacial score (nSPS) is 17.4. The van der Waals surface area contributed by atoms with Crippen LogP contribution in [-0.4, -0.2) is 36.2 Å². The number of anilines is 2. The van der Waals surface area contributed by atoms with Crippen LogP contribution in [0.1, 0.15) is 24.4 Å². The molecule has 9 heteroatoms. The van der Waals surface area contributed by atoms with Gasteiger partial charge in [-0.15, -0.1) is 10.2 Å². The largest absolute Gasteiger partial charge is 0.497 e. The van der Waals surface area contributed by atoms with Gasteiger partial charge in [0.15, 0.2) is 0 Å². The SMILES string of the molecule is COc1ccc(N2C(=O)CCC(C(=O)Nc3cccc(-c4nnco4)c3)C2c2ccccc2OC)cc1. The molecule has 0 bridgehead atoms. The highest BCUT2D eigenvalue weighted by Crippen LogP contribution is 2.43. The number of piperidine rings is 1. The van der Waals surface area contributed by atoms with Crippen molar-refractivity contribution in [2.75, 3.05) is 24.4 Å². The Balaban J connectivity index is 1.52. The molecular formula is C28H26N4O5. The number of amides is 2. The molecule has 2 unspecified atom stereocenters. The summed E-state index contributed by atoms with van der Waals surface area (Å²) in [6.07, 6.45) is 1.88. The van der Waals surface area contributed by atoms with E-state index in [1.54, 1.807) is 49.5 Å². The maximum absolute atomic E-state index is 13.8. The fourth-order valence-corrected chi connectivity index (χ4v) is 4.74. The average molecular weight is 499 g/mol. The molecule has 4 aromatic rings. The summed E-state index contributed by atoms with van der Waals surface area (Å²) in [5.41, 5.74) is 2.72. The Labute approximate surface area is 214 Å². The van der Waals surface area contributed by atoms with E-state index in [4.69, 9.17) is 13.9 Å². The second-order valence-electron chi connectivity index (χ2n) is 8.61. The third-order valence-corrected chi connectivity index (χ3v) is 6.48. The van der Waals surface area contributed by atoms with Gasteiger partial charge in [0.2, 0.25) is 24.1 Å². The van der Waals surface area contributed by atoms with E-state index in [1.807, 2.05) is 42.5 Å². The molecule has 5 rings (SSSR count). The first-order chi connectivity index (χ1) is 18.1. The van der Waals surface area contributed by atoms with E-state index in [9.17, 15) is 9.59 Å². The van der Waals surface area contributed by atoms with Crippen LogP contribution in [-0.2, 0) is 9.59 Å². The highest BCUT2D eigenvalue weighted by molar-refractivity contribution is 6.00. The van der Waals surface area contributed by atoms with E-state index in [1.165, 1.54) is 6.39 Å². The van der Waals surface area contributed by atoms with Gasteiger partial charge >= 0.3 is 0 Å². The number of para-hydroxylation sites is 1. The van der Waals surface area contributed by atoms with Crippen molar-refractivity contribution in [3.8, 4) is 23.0 Å². The summed E-state index contributed by atoms with van der Waals surface area (Å²) in [4.78, 5) is 28.8. The van der Waals surface area contributed by atoms with Crippen LogP contribution in [0.4, 0.5) is 11.4 Å². The van der Waals surface area contributed by atoms with Gasteiger partial charge in [0.1, 0.15) is 11.5 Å². The molecule has 0 radical (unpaired) electrons. The maximum atomic E-state index is 13.8.